The van der Waals surface area contributed by atoms with Crippen LogP contribution in [0.1, 0.15) is 10.4 Å². The monoisotopic (exact) mass is 195 g/mol. The molecule has 0 amide bonds. The van der Waals surface area contributed by atoms with Gasteiger partial charge in [-0.15, -0.1) is 0 Å². The van der Waals surface area contributed by atoms with Gasteiger partial charge in [0.2, 0.25) is 0 Å². The Hall–Kier alpha value is -1.55. The largest absolute Gasteiger partial charge is 0.491 e. The van der Waals surface area contributed by atoms with Crippen LogP contribution in [0.4, 0.5) is 0 Å². The molecule has 2 N–H and O–H groups in total. The van der Waals surface area contributed by atoms with Crippen LogP contribution < -0.4 is 10.1 Å². The summed E-state index contributed by atoms with van der Waals surface area (Å²) in [6.45, 7) is 1.15. The van der Waals surface area contributed by atoms with E-state index in [9.17, 15) is 4.79 Å². The van der Waals surface area contributed by atoms with E-state index in [1.807, 2.05) is 7.05 Å². The highest BCUT2D eigenvalue weighted by atomic mass is 16.5. The van der Waals surface area contributed by atoms with Gasteiger partial charge in [-0.25, -0.2) is 4.79 Å². The topological polar surface area (TPSA) is 58.6 Å². The Morgan fingerprint density at radius 2 is 2.21 bits per heavy atom. The highest BCUT2D eigenvalue weighted by Gasteiger charge is 2.09. The number of carbonyl (C=O) groups is 1. The van der Waals surface area contributed by atoms with Crippen LogP contribution in [0.5, 0.6) is 5.75 Å². The van der Waals surface area contributed by atoms with E-state index in [1.54, 1.807) is 18.2 Å². The van der Waals surface area contributed by atoms with Crippen molar-refractivity contribution in [2.24, 2.45) is 0 Å². The minimum atomic E-state index is -0.968. The number of aromatic carboxylic acids is 1. The van der Waals surface area contributed by atoms with Crippen LogP contribution in [0, 0.1) is 0 Å². The van der Waals surface area contributed by atoms with Gasteiger partial charge in [-0.3, -0.25) is 0 Å². The Bertz CT molecular complexity index is 312. The summed E-state index contributed by atoms with van der Waals surface area (Å²) in [6, 6.07) is 6.60. The van der Waals surface area contributed by atoms with Crippen LogP contribution in [0.15, 0.2) is 24.3 Å². The Labute approximate surface area is 82.5 Å². The van der Waals surface area contributed by atoms with Crippen molar-refractivity contribution in [1.82, 2.24) is 5.32 Å². The second-order valence-electron chi connectivity index (χ2n) is 2.75. The second-order valence-corrected chi connectivity index (χ2v) is 2.75. The first-order chi connectivity index (χ1) is 6.75. The molecular formula is C10H13NO3. The predicted molar refractivity (Wildman–Crippen MR) is 52.8 cm³/mol. The lowest BCUT2D eigenvalue weighted by Crippen LogP contribution is -2.16. The zero-order valence-electron chi connectivity index (χ0n) is 7.99. The van der Waals surface area contributed by atoms with E-state index in [1.165, 1.54) is 6.07 Å². The van der Waals surface area contributed by atoms with E-state index in [2.05, 4.69) is 5.32 Å². The van der Waals surface area contributed by atoms with Crippen LogP contribution in [-0.2, 0) is 0 Å². The molecule has 4 heteroatoms. The molecule has 1 aromatic rings. The summed E-state index contributed by atoms with van der Waals surface area (Å²) < 4.78 is 5.30. The minimum absolute atomic E-state index is 0.198. The van der Waals surface area contributed by atoms with Gasteiger partial charge in [0, 0.05) is 6.54 Å². The van der Waals surface area contributed by atoms with Crippen molar-refractivity contribution in [3.63, 3.8) is 0 Å². The Morgan fingerprint density at radius 1 is 1.50 bits per heavy atom. The van der Waals surface area contributed by atoms with Crippen LogP contribution in [-0.4, -0.2) is 31.3 Å². The third-order valence-corrected chi connectivity index (χ3v) is 1.73. The molecule has 0 aromatic heterocycles. The van der Waals surface area contributed by atoms with Crippen LogP contribution in [0.2, 0.25) is 0 Å². The fourth-order valence-electron chi connectivity index (χ4n) is 1.03. The zero-order valence-corrected chi connectivity index (χ0v) is 7.99. The number of ether oxygens (including phenoxy) is 1. The third-order valence-electron chi connectivity index (χ3n) is 1.73. The minimum Gasteiger partial charge on any atom is -0.491 e. The van der Waals surface area contributed by atoms with Gasteiger partial charge >= 0.3 is 5.97 Å². The summed E-state index contributed by atoms with van der Waals surface area (Å²) in [5.74, 6) is -0.555. The summed E-state index contributed by atoms with van der Waals surface area (Å²) in [5, 5.41) is 11.7. The molecule has 1 aromatic carbocycles. The number of benzene rings is 1. The Balaban J connectivity index is 2.69. The first-order valence-corrected chi connectivity index (χ1v) is 4.35. The van der Waals surface area contributed by atoms with Crippen molar-refractivity contribution in [3.8, 4) is 5.75 Å². The van der Waals surface area contributed by atoms with E-state index in [4.69, 9.17) is 9.84 Å². The molecule has 0 heterocycles. The van der Waals surface area contributed by atoms with Crippen LogP contribution in [0.3, 0.4) is 0 Å². The predicted octanol–water partition coefficient (Wildman–Crippen LogP) is 0.983. The average Bonchev–Trinajstić information content (AvgIpc) is 2.19. The quantitative estimate of drug-likeness (QED) is 0.688. The lowest BCUT2D eigenvalue weighted by Gasteiger charge is -2.07. The van der Waals surface area contributed by atoms with Crippen molar-refractivity contribution in [2.75, 3.05) is 20.2 Å². The lowest BCUT2D eigenvalue weighted by molar-refractivity contribution is 0.0692. The number of likely N-dealkylation sites (N-methyl/N-ethyl adjacent to an activating group) is 1. The van der Waals surface area contributed by atoms with E-state index in [0.29, 0.717) is 18.9 Å². The molecule has 0 aliphatic rings. The summed E-state index contributed by atoms with van der Waals surface area (Å²) in [5.41, 5.74) is 0.198. The zero-order chi connectivity index (χ0) is 10.4. The molecule has 0 saturated heterocycles. The van der Waals surface area contributed by atoms with Gasteiger partial charge in [0.15, 0.2) is 0 Å². The standard InChI is InChI=1S/C10H13NO3/c1-11-6-7-14-9-5-3-2-4-8(9)10(12)13/h2-5,11H,6-7H2,1H3,(H,12,13). The molecule has 0 atom stereocenters. The molecule has 0 saturated carbocycles. The summed E-state index contributed by atoms with van der Waals surface area (Å²) >= 11 is 0. The van der Waals surface area contributed by atoms with Gasteiger partial charge in [-0.1, -0.05) is 12.1 Å². The van der Waals surface area contributed by atoms with Crippen molar-refractivity contribution in [2.45, 2.75) is 0 Å². The van der Waals surface area contributed by atoms with Crippen molar-refractivity contribution in [1.29, 1.82) is 0 Å². The van der Waals surface area contributed by atoms with Crippen molar-refractivity contribution < 1.29 is 14.6 Å². The van der Waals surface area contributed by atoms with Crippen molar-refractivity contribution in [3.05, 3.63) is 29.8 Å². The highest BCUT2D eigenvalue weighted by Crippen LogP contribution is 2.17. The van der Waals surface area contributed by atoms with E-state index >= 15 is 0 Å². The number of carboxylic acids is 1. The number of rotatable bonds is 5. The molecule has 0 radical (unpaired) electrons. The van der Waals surface area contributed by atoms with E-state index < -0.39 is 5.97 Å². The molecule has 1 rings (SSSR count). The summed E-state index contributed by atoms with van der Waals surface area (Å²) in [4.78, 5) is 10.8. The summed E-state index contributed by atoms with van der Waals surface area (Å²) in [6.07, 6.45) is 0. The summed E-state index contributed by atoms with van der Waals surface area (Å²) in [7, 11) is 1.81. The molecule has 4 nitrogen and oxygen atoms in total. The lowest BCUT2D eigenvalue weighted by atomic mass is 10.2. The maximum absolute atomic E-state index is 10.8. The van der Waals surface area contributed by atoms with E-state index in [0.717, 1.165) is 0 Å². The number of hydrogen-bond acceptors (Lipinski definition) is 3. The Morgan fingerprint density at radius 3 is 2.86 bits per heavy atom. The average molecular weight is 195 g/mol. The number of para-hydroxylation sites is 1. The molecule has 14 heavy (non-hydrogen) atoms. The van der Waals surface area contributed by atoms with E-state index in [-0.39, 0.29) is 5.56 Å². The number of carboxylic acid groups (broad SMARTS) is 1. The first kappa shape index (κ1) is 10.5. The molecule has 0 bridgehead atoms. The van der Waals surface area contributed by atoms with Gasteiger partial charge in [-0.05, 0) is 19.2 Å². The molecule has 0 unspecified atom stereocenters. The molecule has 0 aliphatic heterocycles. The first-order valence-electron chi connectivity index (χ1n) is 4.35. The highest BCUT2D eigenvalue weighted by molar-refractivity contribution is 5.90. The molecule has 76 valence electrons. The van der Waals surface area contributed by atoms with Crippen molar-refractivity contribution >= 4 is 5.97 Å². The molecule has 0 fully saturated rings. The van der Waals surface area contributed by atoms with Gasteiger partial charge in [0.1, 0.15) is 17.9 Å². The van der Waals surface area contributed by atoms with Gasteiger partial charge < -0.3 is 15.2 Å². The Kier molecular flexibility index (Phi) is 3.94. The number of nitrogens with one attached hydrogen (secondary N) is 1. The van der Waals surface area contributed by atoms with Gasteiger partial charge in [0.25, 0.3) is 0 Å². The van der Waals surface area contributed by atoms with Gasteiger partial charge in [-0.2, -0.15) is 0 Å². The number of hydrogen-bond donors (Lipinski definition) is 2. The normalized spacial score (nSPS) is 9.79. The third kappa shape index (κ3) is 2.74. The molecular weight excluding hydrogens is 182 g/mol. The smallest absolute Gasteiger partial charge is 0.339 e. The van der Waals surface area contributed by atoms with Crippen LogP contribution in [0.25, 0.3) is 0 Å². The van der Waals surface area contributed by atoms with Crippen LogP contribution >= 0.6 is 0 Å². The molecule has 0 aliphatic carbocycles. The fourth-order valence-corrected chi connectivity index (χ4v) is 1.03. The van der Waals surface area contributed by atoms with Gasteiger partial charge in [0.05, 0.1) is 0 Å². The fraction of sp³-hybridized carbons (Fsp3) is 0.300. The maximum Gasteiger partial charge on any atom is 0.339 e. The SMILES string of the molecule is CNCCOc1ccccc1C(=O)O. The maximum atomic E-state index is 10.8. The molecule has 0 spiro atoms. The second kappa shape index (κ2) is 5.24.